The molecule has 5 unspecified atom stereocenters. The fourth-order valence-corrected chi connectivity index (χ4v) is 6.89. The minimum absolute atomic E-state index is 0.0402. The van der Waals surface area contributed by atoms with Crippen molar-refractivity contribution in [3.63, 3.8) is 0 Å². The van der Waals surface area contributed by atoms with Crippen molar-refractivity contribution in [1.29, 1.82) is 0 Å². The average Bonchev–Trinajstić information content (AvgIpc) is 2.97. The molecule has 1 aromatic rings. The van der Waals surface area contributed by atoms with E-state index in [4.69, 9.17) is 9.47 Å². The molecular formula is C23H26N2O5. The third-order valence-corrected chi connectivity index (χ3v) is 8.12. The van der Waals surface area contributed by atoms with Gasteiger partial charge in [0.15, 0.2) is 11.5 Å². The molecule has 158 valence electrons. The lowest BCUT2D eigenvalue weighted by Gasteiger charge is -2.53. The first kappa shape index (κ1) is 18.4. The van der Waals surface area contributed by atoms with Crippen LogP contribution in [0.5, 0.6) is 11.5 Å². The zero-order valence-corrected chi connectivity index (χ0v) is 17.3. The molecular weight excluding hydrogens is 384 g/mol. The minimum Gasteiger partial charge on any atom is -0.503 e. The number of ketones is 1. The van der Waals surface area contributed by atoms with Gasteiger partial charge in [-0.2, -0.15) is 0 Å². The molecule has 0 aromatic heterocycles. The lowest BCUT2D eigenvalue weighted by Crippen LogP contribution is -2.66. The Morgan fingerprint density at radius 2 is 2.10 bits per heavy atom. The molecule has 30 heavy (non-hydrogen) atoms. The van der Waals surface area contributed by atoms with E-state index in [0.717, 1.165) is 18.7 Å². The van der Waals surface area contributed by atoms with E-state index in [1.54, 1.807) is 11.0 Å². The molecule has 1 N–H and O–H groups in total. The van der Waals surface area contributed by atoms with Crippen LogP contribution in [0.3, 0.4) is 0 Å². The lowest BCUT2D eigenvalue weighted by molar-refractivity contribution is -0.140. The van der Waals surface area contributed by atoms with Gasteiger partial charge in [-0.3, -0.25) is 9.59 Å². The second-order valence-corrected chi connectivity index (χ2v) is 9.35. The van der Waals surface area contributed by atoms with Gasteiger partial charge >= 0.3 is 0 Å². The van der Waals surface area contributed by atoms with Gasteiger partial charge in [-0.15, -0.1) is 0 Å². The number of methoxy groups -OCH3 is 1. The van der Waals surface area contributed by atoms with Crippen molar-refractivity contribution >= 4 is 17.4 Å². The van der Waals surface area contributed by atoms with E-state index in [0.29, 0.717) is 30.9 Å². The van der Waals surface area contributed by atoms with E-state index in [9.17, 15) is 14.7 Å². The fraction of sp³-hybridized carbons (Fsp3) is 0.565. The number of carbonyl (C=O) groups excluding carboxylic acids is 2. The average molecular weight is 410 g/mol. The molecule has 6 aliphatic rings. The summed E-state index contributed by atoms with van der Waals surface area (Å²) in [5, 5.41) is 11.0. The summed E-state index contributed by atoms with van der Waals surface area (Å²) >= 11 is 0. The highest BCUT2D eigenvalue weighted by molar-refractivity contribution is 6.07. The maximum atomic E-state index is 13.9. The van der Waals surface area contributed by atoms with Crippen molar-refractivity contribution in [1.82, 2.24) is 4.90 Å². The molecule has 3 saturated heterocycles. The minimum atomic E-state index is -0.814. The number of carbonyl (C=O) groups is 2. The molecule has 7 nitrogen and oxygen atoms in total. The molecule has 1 aliphatic carbocycles. The first-order valence-electron chi connectivity index (χ1n) is 10.7. The number of phenols is 1. The third-order valence-electron chi connectivity index (χ3n) is 8.12. The third kappa shape index (κ3) is 2.07. The van der Waals surface area contributed by atoms with Crippen LogP contribution in [0.25, 0.3) is 0 Å². The summed E-state index contributed by atoms with van der Waals surface area (Å²) < 4.78 is 11.5. The summed E-state index contributed by atoms with van der Waals surface area (Å²) in [6, 6.07) is 3.28. The van der Waals surface area contributed by atoms with Crippen molar-refractivity contribution in [2.24, 2.45) is 11.8 Å². The number of amides is 1. The van der Waals surface area contributed by atoms with E-state index in [-0.39, 0.29) is 47.8 Å². The molecule has 1 spiro atoms. The number of aromatic hydroxyl groups is 1. The molecule has 7 rings (SSSR count). The predicted molar refractivity (Wildman–Crippen MR) is 109 cm³/mol. The summed E-state index contributed by atoms with van der Waals surface area (Å²) in [4.78, 5) is 31.3. The molecule has 5 aliphatic heterocycles. The SMILES string of the molecule is COc1ccc2c(c1O)N1C(=O)CC3OCC=C4CN(C)CCC25C(=O)CC4C3C15. The molecule has 5 atom stereocenters. The van der Waals surface area contributed by atoms with Crippen molar-refractivity contribution in [3.05, 3.63) is 29.3 Å². The molecule has 1 amide bonds. The van der Waals surface area contributed by atoms with E-state index >= 15 is 0 Å². The highest BCUT2D eigenvalue weighted by Crippen LogP contribution is 2.63. The molecule has 1 aromatic carbocycles. The maximum absolute atomic E-state index is 13.9. The summed E-state index contributed by atoms with van der Waals surface area (Å²) in [5.41, 5.74) is 1.68. The molecule has 0 radical (unpaired) electrons. The number of rotatable bonds is 1. The van der Waals surface area contributed by atoms with Gasteiger partial charge in [-0.25, -0.2) is 0 Å². The maximum Gasteiger partial charge on any atom is 0.230 e. The van der Waals surface area contributed by atoms with E-state index < -0.39 is 5.41 Å². The Kier molecular flexibility index (Phi) is 3.73. The van der Waals surface area contributed by atoms with Crippen LogP contribution < -0.4 is 9.64 Å². The van der Waals surface area contributed by atoms with Gasteiger partial charge < -0.3 is 24.4 Å². The lowest BCUT2D eigenvalue weighted by atomic mass is 9.55. The van der Waals surface area contributed by atoms with E-state index in [2.05, 4.69) is 18.0 Å². The van der Waals surface area contributed by atoms with Crippen LogP contribution in [0.4, 0.5) is 5.69 Å². The van der Waals surface area contributed by atoms with Gasteiger partial charge in [0.1, 0.15) is 5.78 Å². The molecule has 4 fully saturated rings. The summed E-state index contributed by atoms with van der Waals surface area (Å²) in [6.45, 7) is 2.05. The fourth-order valence-electron chi connectivity index (χ4n) is 6.89. The van der Waals surface area contributed by atoms with Crippen molar-refractivity contribution in [2.75, 3.05) is 38.8 Å². The quantitative estimate of drug-likeness (QED) is 0.709. The van der Waals surface area contributed by atoms with Crippen molar-refractivity contribution < 1.29 is 24.2 Å². The number of hydrogen-bond acceptors (Lipinski definition) is 6. The number of piperidine rings is 1. The van der Waals surface area contributed by atoms with Crippen LogP contribution in [0.2, 0.25) is 0 Å². The number of benzene rings is 1. The van der Waals surface area contributed by atoms with Gasteiger partial charge in [-0.1, -0.05) is 17.7 Å². The second kappa shape index (κ2) is 6.08. The Bertz CT molecular complexity index is 1000. The first-order valence-corrected chi connectivity index (χ1v) is 10.7. The van der Waals surface area contributed by atoms with Gasteiger partial charge in [0.05, 0.1) is 43.4 Å². The van der Waals surface area contributed by atoms with Gasteiger partial charge in [0, 0.05) is 18.9 Å². The highest BCUT2D eigenvalue weighted by Gasteiger charge is 2.68. The molecule has 4 bridgehead atoms. The summed E-state index contributed by atoms with van der Waals surface area (Å²) in [6.07, 6.45) is 3.29. The topological polar surface area (TPSA) is 79.3 Å². The number of ether oxygens (including phenoxy) is 2. The smallest absolute Gasteiger partial charge is 0.230 e. The first-order chi connectivity index (χ1) is 14.5. The van der Waals surface area contributed by atoms with Crippen LogP contribution in [0, 0.1) is 11.8 Å². The van der Waals surface area contributed by atoms with Gasteiger partial charge in [-0.05, 0) is 37.6 Å². The van der Waals surface area contributed by atoms with E-state index in [1.165, 1.54) is 12.7 Å². The van der Waals surface area contributed by atoms with Gasteiger partial charge in [0.2, 0.25) is 5.91 Å². The number of nitrogens with zero attached hydrogens (tertiary/aromatic N) is 2. The normalized spacial score (nSPS) is 37.1. The zero-order valence-electron chi connectivity index (χ0n) is 17.3. The standard InChI is InChI=1S/C23H26N2O5/c1-24-7-6-23-14-3-4-15(29-2)21(28)20(14)25-18(27)10-16-19(22(23)25)13(9-17(23)26)12(11-24)5-8-30-16/h3-5,13,16,19,22,28H,6-11H2,1-2H3. The Hall–Kier alpha value is -2.38. The Morgan fingerprint density at radius 3 is 2.90 bits per heavy atom. The molecule has 1 saturated carbocycles. The van der Waals surface area contributed by atoms with Crippen LogP contribution in [0.15, 0.2) is 23.8 Å². The Balaban J connectivity index is 1.67. The highest BCUT2D eigenvalue weighted by atomic mass is 16.5. The van der Waals surface area contributed by atoms with Crippen LogP contribution >= 0.6 is 0 Å². The number of fused-ring (bicyclic) bond motifs is 6. The monoisotopic (exact) mass is 410 g/mol. The van der Waals surface area contributed by atoms with Crippen LogP contribution in [0.1, 0.15) is 24.8 Å². The Morgan fingerprint density at radius 1 is 1.27 bits per heavy atom. The molecule has 7 heteroatoms. The largest absolute Gasteiger partial charge is 0.503 e. The van der Waals surface area contributed by atoms with Crippen molar-refractivity contribution in [2.45, 2.75) is 36.8 Å². The Labute approximate surface area is 175 Å². The summed E-state index contributed by atoms with van der Waals surface area (Å²) in [5.74, 6) is 0.478. The number of hydrogen-bond donors (Lipinski definition) is 1. The number of likely N-dealkylation sites (N-methyl/N-ethyl adjacent to an activating group) is 1. The molecule has 5 heterocycles. The summed E-state index contributed by atoms with van der Waals surface area (Å²) in [7, 11) is 3.59. The van der Waals surface area contributed by atoms with E-state index in [1.807, 2.05) is 6.07 Å². The number of phenolic OH excluding ortho intramolecular Hbond substituents is 1. The van der Waals surface area contributed by atoms with Gasteiger partial charge in [0.25, 0.3) is 0 Å². The van der Waals surface area contributed by atoms with Crippen molar-refractivity contribution in [3.8, 4) is 11.5 Å². The number of Topliss-reactive ketones (excluding diaryl/α,β-unsaturated/α-hetero) is 1. The predicted octanol–water partition coefficient (Wildman–Crippen LogP) is 1.62. The second-order valence-electron chi connectivity index (χ2n) is 9.35. The van der Waals surface area contributed by atoms with Crippen LogP contribution in [-0.4, -0.2) is 67.7 Å². The van der Waals surface area contributed by atoms with Crippen LogP contribution in [-0.2, 0) is 19.7 Å². The number of anilines is 1. The zero-order chi connectivity index (χ0) is 20.8.